The number of nitrogens with zero attached hydrogens (tertiary/aromatic N) is 2. The van der Waals surface area contributed by atoms with Gasteiger partial charge in [-0.2, -0.15) is 0 Å². The van der Waals surface area contributed by atoms with Crippen LogP contribution >= 0.6 is 11.3 Å². The molecule has 1 aromatic carbocycles. The van der Waals surface area contributed by atoms with Crippen LogP contribution in [-0.2, 0) is 0 Å². The maximum absolute atomic E-state index is 12.4. The van der Waals surface area contributed by atoms with Crippen molar-refractivity contribution < 1.29 is 9.59 Å². The van der Waals surface area contributed by atoms with Crippen molar-refractivity contribution in [2.75, 3.05) is 0 Å². The summed E-state index contributed by atoms with van der Waals surface area (Å²) in [4.78, 5) is 34.6. The molecular formula is C21H16N4O2S. The van der Waals surface area contributed by atoms with Crippen LogP contribution < -0.4 is 10.9 Å². The van der Waals surface area contributed by atoms with E-state index in [0.717, 1.165) is 16.0 Å². The zero-order chi connectivity index (χ0) is 19.5. The average molecular weight is 388 g/mol. The summed E-state index contributed by atoms with van der Waals surface area (Å²) in [7, 11) is 0. The molecule has 2 amide bonds. The van der Waals surface area contributed by atoms with Gasteiger partial charge in [0.15, 0.2) is 0 Å². The molecule has 4 aromatic rings. The van der Waals surface area contributed by atoms with Gasteiger partial charge in [0.05, 0.1) is 27.3 Å². The number of carbonyl (C=O) groups is 2. The Morgan fingerprint density at radius 3 is 2.46 bits per heavy atom. The van der Waals surface area contributed by atoms with Gasteiger partial charge in [-0.15, -0.1) is 11.3 Å². The fourth-order valence-corrected chi connectivity index (χ4v) is 3.50. The van der Waals surface area contributed by atoms with Crippen molar-refractivity contribution in [2.45, 2.75) is 6.92 Å². The highest BCUT2D eigenvalue weighted by molar-refractivity contribution is 7.13. The summed E-state index contributed by atoms with van der Waals surface area (Å²) in [5, 5.41) is 2.92. The number of para-hydroxylation sites is 1. The van der Waals surface area contributed by atoms with Crippen molar-refractivity contribution in [3.8, 4) is 10.6 Å². The number of pyridine rings is 2. The Morgan fingerprint density at radius 1 is 0.857 bits per heavy atom. The van der Waals surface area contributed by atoms with Crippen molar-refractivity contribution in [3.05, 3.63) is 83.0 Å². The van der Waals surface area contributed by atoms with E-state index in [1.807, 2.05) is 47.8 Å². The van der Waals surface area contributed by atoms with E-state index in [9.17, 15) is 9.59 Å². The van der Waals surface area contributed by atoms with Crippen LogP contribution in [0.5, 0.6) is 0 Å². The maximum atomic E-state index is 12.4. The van der Waals surface area contributed by atoms with Crippen LogP contribution in [-0.4, -0.2) is 21.8 Å². The van der Waals surface area contributed by atoms with E-state index in [2.05, 4.69) is 20.8 Å². The highest BCUT2D eigenvalue weighted by atomic mass is 32.1. The minimum atomic E-state index is -0.486. The van der Waals surface area contributed by atoms with Gasteiger partial charge in [0.2, 0.25) is 0 Å². The number of hydrazine groups is 1. The van der Waals surface area contributed by atoms with Gasteiger partial charge in [-0.3, -0.25) is 25.4 Å². The minimum Gasteiger partial charge on any atom is -0.267 e. The van der Waals surface area contributed by atoms with E-state index < -0.39 is 11.8 Å². The quantitative estimate of drug-likeness (QED) is 0.524. The molecule has 2 N–H and O–H groups in total. The van der Waals surface area contributed by atoms with E-state index in [0.29, 0.717) is 16.8 Å². The second kappa shape index (κ2) is 7.58. The number of benzene rings is 1. The molecule has 6 nitrogen and oxygen atoms in total. The Morgan fingerprint density at radius 2 is 1.68 bits per heavy atom. The fourth-order valence-electron chi connectivity index (χ4n) is 2.80. The fraction of sp³-hybridized carbons (Fsp3) is 0.0476. The van der Waals surface area contributed by atoms with Crippen LogP contribution in [0.15, 0.2) is 66.0 Å². The number of nitrogens with one attached hydrogen (secondary N) is 2. The van der Waals surface area contributed by atoms with E-state index in [1.165, 1.54) is 0 Å². The summed E-state index contributed by atoms with van der Waals surface area (Å²) >= 11 is 1.58. The number of aryl methyl sites for hydroxylation is 1. The van der Waals surface area contributed by atoms with Crippen LogP contribution in [0.25, 0.3) is 21.5 Å². The standard InChI is InChI=1S/C21H16N4O2S/c1-13-15(9-11-17(22-13)19-7-4-12-28-19)20(26)24-25-21(27)18-10-8-14-5-2-3-6-16(14)23-18/h2-12H,1H3,(H,24,26)(H,25,27). The van der Waals surface area contributed by atoms with E-state index >= 15 is 0 Å². The van der Waals surface area contributed by atoms with Gasteiger partial charge in [0.25, 0.3) is 11.8 Å². The number of thiophene rings is 1. The molecule has 3 aromatic heterocycles. The first-order chi connectivity index (χ1) is 13.6. The third-order valence-electron chi connectivity index (χ3n) is 4.22. The van der Waals surface area contributed by atoms with Crippen molar-refractivity contribution in [3.63, 3.8) is 0 Å². The lowest BCUT2D eigenvalue weighted by Gasteiger charge is -2.10. The predicted molar refractivity (Wildman–Crippen MR) is 109 cm³/mol. The van der Waals surface area contributed by atoms with Crippen LogP contribution in [0.2, 0.25) is 0 Å². The molecule has 138 valence electrons. The molecule has 0 spiro atoms. The molecule has 0 unspecified atom stereocenters. The van der Waals surface area contributed by atoms with Crippen LogP contribution in [0.1, 0.15) is 26.5 Å². The average Bonchev–Trinajstić information content (AvgIpc) is 3.26. The summed E-state index contributed by atoms with van der Waals surface area (Å²) in [6.07, 6.45) is 0. The molecule has 0 aliphatic heterocycles. The topological polar surface area (TPSA) is 84.0 Å². The van der Waals surface area contributed by atoms with Gasteiger partial charge in [0.1, 0.15) is 5.69 Å². The second-order valence-corrected chi connectivity index (χ2v) is 7.05. The highest BCUT2D eigenvalue weighted by Crippen LogP contribution is 2.23. The predicted octanol–water partition coefficient (Wildman–Crippen LogP) is 3.74. The number of aromatic nitrogens is 2. The Labute approximate surface area is 165 Å². The van der Waals surface area contributed by atoms with Gasteiger partial charge in [-0.1, -0.05) is 30.3 Å². The lowest BCUT2D eigenvalue weighted by molar-refractivity contribution is 0.0843. The van der Waals surface area contributed by atoms with E-state index in [1.54, 1.807) is 36.5 Å². The summed E-state index contributed by atoms with van der Waals surface area (Å²) in [6, 6.07) is 18.4. The number of hydrogen-bond donors (Lipinski definition) is 2. The molecule has 0 aliphatic carbocycles. The molecule has 4 rings (SSSR count). The van der Waals surface area contributed by atoms with Gasteiger partial charge in [-0.25, -0.2) is 4.98 Å². The zero-order valence-electron chi connectivity index (χ0n) is 15.0. The van der Waals surface area contributed by atoms with E-state index in [4.69, 9.17) is 0 Å². The third kappa shape index (κ3) is 3.60. The molecule has 0 atom stereocenters. The Hall–Kier alpha value is -3.58. The van der Waals surface area contributed by atoms with Crippen molar-refractivity contribution in [1.29, 1.82) is 0 Å². The molecule has 0 radical (unpaired) electrons. The molecule has 0 saturated carbocycles. The zero-order valence-corrected chi connectivity index (χ0v) is 15.8. The number of fused-ring (bicyclic) bond motifs is 1. The first-order valence-corrected chi connectivity index (χ1v) is 9.48. The summed E-state index contributed by atoms with van der Waals surface area (Å²) < 4.78 is 0. The monoisotopic (exact) mass is 388 g/mol. The molecule has 0 bridgehead atoms. The number of hydrogen-bond acceptors (Lipinski definition) is 5. The number of carbonyl (C=O) groups excluding carboxylic acids is 2. The van der Waals surface area contributed by atoms with Crippen LogP contribution in [0, 0.1) is 6.92 Å². The first kappa shape index (κ1) is 17.8. The highest BCUT2D eigenvalue weighted by Gasteiger charge is 2.14. The maximum Gasteiger partial charge on any atom is 0.288 e. The van der Waals surface area contributed by atoms with Gasteiger partial charge < -0.3 is 0 Å². The lowest BCUT2D eigenvalue weighted by Crippen LogP contribution is -2.42. The summed E-state index contributed by atoms with van der Waals surface area (Å²) in [6.45, 7) is 1.76. The summed E-state index contributed by atoms with van der Waals surface area (Å²) in [5.41, 5.74) is 7.56. The van der Waals surface area contributed by atoms with Crippen molar-refractivity contribution in [2.24, 2.45) is 0 Å². The second-order valence-electron chi connectivity index (χ2n) is 6.10. The number of amides is 2. The molecule has 28 heavy (non-hydrogen) atoms. The molecule has 0 fully saturated rings. The summed E-state index contributed by atoms with van der Waals surface area (Å²) in [5.74, 6) is -0.920. The van der Waals surface area contributed by atoms with Crippen molar-refractivity contribution in [1.82, 2.24) is 20.8 Å². The molecule has 3 heterocycles. The third-order valence-corrected chi connectivity index (χ3v) is 5.12. The molecule has 0 aliphatic rings. The van der Waals surface area contributed by atoms with Gasteiger partial charge in [-0.05, 0) is 42.6 Å². The minimum absolute atomic E-state index is 0.224. The Balaban J connectivity index is 1.45. The first-order valence-electron chi connectivity index (χ1n) is 8.60. The normalized spacial score (nSPS) is 10.6. The van der Waals surface area contributed by atoms with Crippen LogP contribution in [0.3, 0.4) is 0 Å². The SMILES string of the molecule is Cc1nc(-c2cccs2)ccc1C(=O)NNC(=O)c1ccc2ccccc2n1. The Kier molecular flexibility index (Phi) is 4.82. The van der Waals surface area contributed by atoms with E-state index in [-0.39, 0.29) is 5.69 Å². The molecule has 7 heteroatoms. The molecule has 0 saturated heterocycles. The number of rotatable bonds is 3. The Bertz CT molecular complexity index is 1170. The smallest absolute Gasteiger partial charge is 0.267 e. The lowest BCUT2D eigenvalue weighted by atomic mass is 10.1. The van der Waals surface area contributed by atoms with Crippen molar-refractivity contribution >= 4 is 34.1 Å². The van der Waals surface area contributed by atoms with Gasteiger partial charge >= 0.3 is 0 Å². The van der Waals surface area contributed by atoms with Gasteiger partial charge in [0, 0.05) is 5.39 Å². The molecular weight excluding hydrogens is 372 g/mol. The largest absolute Gasteiger partial charge is 0.288 e. The van der Waals surface area contributed by atoms with Crippen LogP contribution in [0.4, 0.5) is 0 Å².